The number of nitrogens with zero attached hydrogens (tertiary/aromatic N) is 1. The number of likely N-dealkylation sites (tertiary alicyclic amines) is 1. The zero-order chi connectivity index (χ0) is 20.0. The summed E-state index contributed by atoms with van der Waals surface area (Å²) in [7, 11) is 0. The van der Waals surface area contributed by atoms with Crippen LogP contribution in [0.1, 0.15) is 30.4 Å². The van der Waals surface area contributed by atoms with E-state index in [1.54, 1.807) is 0 Å². The first kappa shape index (κ1) is 20.4. The Morgan fingerprint density at radius 3 is 2.43 bits per heavy atom. The fourth-order valence-electron chi connectivity index (χ4n) is 3.59. The molecule has 0 spiro atoms. The van der Waals surface area contributed by atoms with Crippen molar-refractivity contribution in [3.63, 3.8) is 0 Å². The average molecular weight is 390 g/mol. The summed E-state index contributed by atoms with van der Waals surface area (Å²) in [4.78, 5) is 14.6. The molecule has 0 aromatic heterocycles. The summed E-state index contributed by atoms with van der Waals surface area (Å²) in [5.74, 6) is 0.0563. The molecule has 1 N–H and O–H groups in total. The van der Waals surface area contributed by atoms with Gasteiger partial charge in [0, 0.05) is 18.7 Å². The molecule has 1 aliphatic heterocycles. The molecule has 150 valence electrons. The minimum absolute atomic E-state index is 0.195. The Bertz CT molecular complexity index is 769. The van der Waals surface area contributed by atoms with Gasteiger partial charge in [0.25, 0.3) is 0 Å². The highest BCUT2D eigenvalue weighted by Gasteiger charge is 2.30. The van der Waals surface area contributed by atoms with E-state index in [-0.39, 0.29) is 17.5 Å². The number of nitrogens with one attached hydrogen (secondary N) is 1. The standard InChI is InChI=1S/C22H25F3N2O/c23-22(24,25)19-7-4-8-20(16-19)26-21(28)15-18-10-13-27(14-11-18)12-9-17-5-2-1-3-6-17/h1-8,16,18H,9-15H2,(H,26,28). The van der Waals surface area contributed by atoms with E-state index >= 15 is 0 Å². The molecule has 0 atom stereocenters. The van der Waals surface area contributed by atoms with Gasteiger partial charge in [-0.25, -0.2) is 0 Å². The summed E-state index contributed by atoms with van der Waals surface area (Å²) in [6.45, 7) is 2.91. The van der Waals surface area contributed by atoms with Gasteiger partial charge in [0.05, 0.1) is 5.56 Å². The Kier molecular flexibility index (Phi) is 6.73. The largest absolute Gasteiger partial charge is 0.416 e. The van der Waals surface area contributed by atoms with Gasteiger partial charge in [-0.05, 0) is 62.0 Å². The minimum Gasteiger partial charge on any atom is -0.326 e. The van der Waals surface area contributed by atoms with Crippen LogP contribution in [0.4, 0.5) is 18.9 Å². The molecule has 3 rings (SSSR count). The highest BCUT2D eigenvalue weighted by molar-refractivity contribution is 5.90. The summed E-state index contributed by atoms with van der Waals surface area (Å²) in [5.41, 5.74) is 0.766. The number of alkyl halides is 3. The Hall–Kier alpha value is -2.34. The molecule has 2 aromatic rings. The van der Waals surface area contributed by atoms with Crippen LogP contribution >= 0.6 is 0 Å². The molecule has 1 saturated heterocycles. The van der Waals surface area contributed by atoms with Gasteiger partial charge in [0.15, 0.2) is 0 Å². The van der Waals surface area contributed by atoms with Crippen molar-refractivity contribution in [2.45, 2.75) is 31.9 Å². The number of hydrogen-bond donors (Lipinski definition) is 1. The number of amides is 1. The Morgan fingerprint density at radius 2 is 1.75 bits per heavy atom. The molecular formula is C22H25F3N2O. The second-order valence-corrected chi connectivity index (χ2v) is 7.35. The van der Waals surface area contributed by atoms with Crippen LogP contribution in [0.5, 0.6) is 0 Å². The molecule has 2 aromatic carbocycles. The van der Waals surface area contributed by atoms with Gasteiger partial charge in [-0.1, -0.05) is 36.4 Å². The normalized spacial score (nSPS) is 16.1. The second-order valence-electron chi connectivity index (χ2n) is 7.35. The van der Waals surface area contributed by atoms with Crippen molar-refractivity contribution >= 4 is 11.6 Å². The first-order valence-electron chi connectivity index (χ1n) is 9.63. The number of hydrogen-bond acceptors (Lipinski definition) is 2. The monoisotopic (exact) mass is 390 g/mol. The summed E-state index contributed by atoms with van der Waals surface area (Å²) in [6.07, 6.45) is -1.17. The number of piperidine rings is 1. The van der Waals surface area contributed by atoms with Crippen LogP contribution in [0.15, 0.2) is 54.6 Å². The van der Waals surface area contributed by atoms with E-state index in [1.165, 1.54) is 17.7 Å². The van der Waals surface area contributed by atoms with Crippen LogP contribution < -0.4 is 5.32 Å². The molecule has 0 saturated carbocycles. The maximum absolute atomic E-state index is 12.8. The van der Waals surface area contributed by atoms with Crippen LogP contribution in [-0.2, 0) is 17.4 Å². The Morgan fingerprint density at radius 1 is 1.04 bits per heavy atom. The van der Waals surface area contributed by atoms with Crippen LogP contribution in [0.25, 0.3) is 0 Å². The zero-order valence-corrected chi connectivity index (χ0v) is 15.7. The Balaban J connectivity index is 1.41. The third kappa shape index (κ3) is 6.09. The highest BCUT2D eigenvalue weighted by atomic mass is 19.4. The number of rotatable bonds is 6. The first-order chi connectivity index (χ1) is 13.4. The van der Waals surface area contributed by atoms with Crippen molar-refractivity contribution in [3.05, 3.63) is 65.7 Å². The van der Waals surface area contributed by atoms with E-state index in [0.29, 0.717) is 6.42 Å². The third-order valence-corrected chi connectivity index (χ3v) is 5.21. The second kappa shape index (κ2) is 9.24. The number of halogens is 3. The molecule has 1 fully saturated rings. The molecule has 1 heterocycles. The minimum atomic E-state index is -4.41. The van der Waals surface area contributed by atoms with Gasteiger partial charge in [0.2, 0.25) is 5.91 Å². The van der Waals surface area contributed by atoms with Crippen molar-refractivity contribution in [1.29, 1.82) is 0 Å². The van der Waals surface area contributed by atoms with Gasteiger partial charge < -0.3 is 10.2 Å². The van der Waals surface area contributed by atoms with Crippen molar-refractivity contribution < 1.29 is 18.0 Å². The Labute approximate surface area is 163 Å². The lowest BCUT2D eigenvalue weighted by Crippen LogP contribution is -2.36. The lowest BCUT2D eigenvalue weighted by Gasteiger charge is -2.31. The summed E-state index contributed by atoms with van der Waals surface area (Å²) >= 11 is 0. The molecule has 28 heavy (non-hydrogen) atoms. The number of carbonyl (C=O) groups is 1. The first-order valence-corrected chi connectivity index (χ1v) is 9.63. The summed E-state index contributed by atoms with van der Waals surface area (Å²) in [6, 6.07) is 15.1. The van der Waals surface area contributed by atoms with Crippen molar-refractivity contribution in [2.75, 3.05) is 25.0 Å². The highest BCUT2D eigenvalue weighted by Crippen LogP contribution is 2.31. The predicted molar refractivity (Wildman–Crippen MR) is 104 cm³/mol. The number of benzene rings is 2. The van der Waals surface area contributed by atoms with Gasteiger partial charge in [-0.15, -0.1) is 0 Å². The van der Waals surface area contributed by atoms with Crippen molar-refractivity contribution in [1.82, 2.24) is 4.90 Å². The number of anilines is 1. The van der Waals surface area contributed by atoms with Crippen LogP contribution in [-0.4, -0.2) is 30.4 Å². The van der Waals surface area contributed by atoms with Gasteiger partial charge in [-0.2, -0.15) is 13.2 Å². The topological polar surface area (TPSA) is 32.3 Å². The van der Waals surface area contributed by atoms with Gasteiger partial charge in [0.1, 0.15) is 0 Å². The quantitative estimate of drug-likeness (QED) is 0.754. The average Bonchev–Trinajstić information content (AvgIpc) is 2.68. The third-order valence-electron chi connectivity index (χ3n) is 5.21. The molecule has 6 heteroatoms. The molecule has 0 aliphatic carbocycles. The molecule has 0 unspecified atom stereocenters. The van der Waals surface area contributed by atoms with E-state index in [2.05, 4.69) is 22.3 Å². The molecule has 1 amide bonds. The molecule has 1 aliphatic rings. The SMILES string of the molecule is O=C(CC1CCN(CCc2ccccc2)CC1)Nc1cccc(C(F)(F)F)c1. The number of carbonyl (C=O) groups excluding carboxylic acids is 1. The predicted octanol–water partition coefficient (Wildman–Crippen LogP) is 4.99. The van der Waals surface area contributed by atoms with Gasteiger partial charge >= 0.3 is 6.18 Å². The van der Waals surface area contributed by atoms with Crippen molar-refractivity contribution in [2.24, 2.45) is 5.92 Å². The van der Waals surface area contributed by atoms with Crippen LogP contribution in [0.2, 0.25) is 0 Å². The maximum Gasteiger partial charge on any atom is 0.416 e. The molecule has 3 nitrogen and oxygen atoms in total. The van der Waals surface area contributed by atoms with E-state index in [1.807, 2.05) is 18.2 Å². The van der Waals surface area contributed by atoms with E-state index in [0.717, 1.165) is 51.0 Å². The van der Waals surface area contributed by atoms with Crippen LogP contribution in [0.3, 0.4) is 0 Å². The zero-order valence-electron chi connectivity index (χ0n) is 15.7. The van der Waals surface area contributed by atoms with E-state index in [9.17, 15) is 18.0 Å². The van der Waals surface area contributed by atoms with Crippen LogP contribution in [0, 0.1) is 5.92 Å². The molecule has 0 radical (unpaired) electrons. The fourth-order valence-corrected chi connectivity index (χ4v) is 3.59. The summed E-state index contributed by atoms with van der Waals surface area (Å²) in [5, 5.41) is 2.61. The smallest absolute Gasteiger partial charge is 0.326 e. The van der Waals surface area contributed by atoms with Crippen molar-refractivity contribution in [3.8, 4) is 0 Å². The molecule has 0 bridgehead atoms. The molecular weight excluding hydrogens is 365 g/mol. The van der Waals surface area contributed by atoms with E-state index in [4.69, 9.17) is 0 Å². The fraction of sp³-hybridized carbons (Fsp3) is 0.409. The lowest BCUT2D eigenvalue weighted by molar-refractivity contribution is -0.137. The van der Waals surface area contributed by atoms with E-state index < -0.39 is 11.7 Å². The van der Waals surface area contributed by atoms with Gasteiger partial charge in [-0.3, -0.25) is 4.79 Å². The maximum atomic E-state index is 12.8. The summed E-state index contributed by atoms with van der Waals surface area (Å²) < 4.78 is 38.3. The lowest BCUT2D eigenvalue weighted by atomic mass is 9.93.